The van der Waals surface area contributed by atoms with E-state index < -0.39 is 12.1 Å². The van der Waals surface area contributed by atoms with Gasteiger partial charge in [0, 0.05) is 28.7 Å². The van der Waals surface area contributed by atoms with Gasteiger partial charge in [0.2, 0.25) is 12.1 Å². The number of aliphatic imine (C=N–C) groups is 1. The van der Waals surface area contributed by atoms with Gasteiger partial charge >= 0.3 is 0 Å². The first-order chi connectivity index (χ1) is 15.0. The highest BCUT2D eigenvalue weighted by Crippen LogP contribution is 2.27. The zero-order valence-corrected chi connectivity index (χ0v) is 18.4. The summed E-state index contributed by atoms with van der Waals surface area (Å²) in [7, 11) is 1.70. The highest BCUT2D eigenvalue weighted by Gasteiger charge is 2.30. The molecule has 154 valence electrons. The van der Waals surface area contributed by atoms with Gasteiger partial charge in [-0.25, -0.2) is 4.99 Å². The van der Waals surface area contributed by atoms with Crippen molar-refractivity contribution in [3.8, 4) is 0 Å². The molecule has 6 heteroatoms. The molecule has 2 amide bonds. The number of halogens is 1. The van der Waals surface area contributed by atoms with Gasteiger partial charge in [-0.15, -0.1) is 0 Å². The van der Waals surface area contributed by atoms with Gasteiger partial charge in [-0.05, 0) is 29.8 Å². The van der Waals surface area contributed by atoms with E-state index >= 15 is 0 Å². The molecule has 4 rings (SSSR count). The van der Waals surface area contributed by atoms with Crippen LogP contribution in [0.15, 0.2) is 94.4 Å². The van der Waals surface area contributed by atoms with Gasteiger partial charge in [-0.1, -0.05) is 76.6 Å². The molecular formula is C25H20BrN3O2. The third kappa shape index (κ3) is 4.64. The number of hydrogen-bond donors (Lipinski definition) is 1. The highest BCUT2D eigenvalue weighted by atomic mass is 79.9. The topological polar surface area (TPSA) is 61.8 Å². The van der Waals surface area contributed by atoms with Gasteiger partial charge < -0.3 is 10.2 Å². The maximum atomic E-state index is 13.1. The standard InChI is InChI=1S/C25H20BrN3O2/c1-29-21-10-6-5-9-20(21)23(18-7-3-2-4-8-18)28-24(25(29)31)27-22(30)16-13-17-11-14-19(26)15-12-17/h2-16,24H,1H3,(H,27,30)/b16-13+. The summed E-state index contributed by atoms with van der Waals surface area (Å²) in [4.78, 5) is 31.9. The van der Waals surface area contributed by atoms with Gasteiger partial charge in [0.25, 0.3) is 5.91 Å². The average Bonchev–Trinajstić information content (AvgIpc) is 2.90. The van der Waals surface area contributed by atoms with Crippen molar-refractivity contribution in [1.82, 2.24) is 5.32 Å². The number of nitrogens with zero attached hydrogens (tertiary/aromatic N) is 2. The van der Waals surface area contributed by atoms with Crippen LogP contribution in [0, 0.1) is 0 Å². The lowest BCUT2D eigenvalue weighted by atomic mass is 10.0. The Hall–Kier alpha value is -3.51. The van der Waals surface area contributed by atoms with E-state index in [1.807, 2.05) is 78.9 Å². The summed E-state index contributed by atoms with van der Waals surface area (Å²) < 4.78 is 0.962. The van der Waals surface area contributed by atoms with E-state index in [4.69, 9.17) is 0 Å². The van der Waals surface area contributed by atoms with Crippen molar-refractivity contribution in [3.05, 3.63) is 106 Å². The predicted octanol–water partition coefficient (Wildman–Crippen LogP) is 4.42. The average molecular weight is 474 g/mol. The SMILES string of the molecule is CN1C(=O)C(NC(=O)/C=C/c2ccc(Br)cc2)N=C(c2ccccc2)c2ccccc21. The lowest BCUT2D eigenvalue weighted by Gasteiger charge is -2.20. The summed E-state index contributed by atoms with van der Waals surface area (Å²) in [5, 5.41) is 2.74. The molecule has 3 aromatic carbocycles. The molecule has 3 aromatic rings. The second-order valence-electron chi connectivity index (χ2n) is 7.05. The number of hydrogen-bond acceptors (Lipinski definition) is 3. The summed E-state index contributed by atoms with van der Waals surface area (Å²) in [5.41, 5.74) is 4.01. The molecule has 1 atom stereocenters. The number of para-hydroxylation sites is 1. The van der Waals surface area contributed by atoms with Crippen LogP contribution >= 0.6 is 15.9 Å². The van der Waals surface area contributed by atoms with Crippen molar-refractivity contribution >= 4 is 45.2 Å². The number of benzodiazepines with no additional fused rings is 1. The summed E-state index contributed by atoms with van der Waals surface area (Å²) >= 11 is 3.39. The van der Waals surface area contributed by atoms with Crippen molar-refractivity contribution in [3.63, 3.8) is 0 Å². The Balaban J connectivity index is 1.66. The Bertz CT molecular complexity index is 1170. The Labute approximate surface area is 189 Å². The van der Waals surface area contributed by atoms with Crippen LogP contribution in [0.5, 0.6) is 0 Å². The largest absolute Gasteiger partial charge is 0.323 e. The molecule has 0 saturated heterocycles. The molecule has 0 saturated carbocycles. The molecule has 1 aliphatic rings. The molecule has 0 aromatic heterocycles. The number of carbonyl (C=O) groups excluding carboxylic acids is 2. The van der Waals surface area contributed by atoms with Crippen LogP contribution in [0.1, 0.15) is 16.7 Å². The minimum atomic E-state index is -1.03. The normalized spacial score (nSPS) is 15.9. The van der Waals surface area contributed by atoms with Crippen LogP contribution in [0.3, 0.4) is 0 Å². The molecule has 0 fully saturated rings. The highest BCUT2D eigenvalue weighted by molar-refractivity contribution is 9.10. The predicted molar refractivity (Wildman–Crippen MR) is 127 cm³/mol. The molecule has 1 unspecified atom stereocenters. The molecule has 0 bridgehead atoms. The molecular weight excluding hydrogens is 454 g/mol. The minimum Gasteiger partial charge on any atom is -0.323 e. The first kappa shape index (κ1) is 20.8. The number of carbonyl (C=O) groups is 2. The minimum absolute atomic E-state index is 0.302. The zero-order valence-electron chi connectivity index (χ0n) is 16.8. The molecule has 1 heterocycles. The third-order valence-corrected chi connectivity index (χ3v) is 5.50. The summed E-state index contributed by atoms with van der Waals surface area (Å²) in [6, 6.07) is 24.8. The molecule has 0 radical (unpaired) electrons. The Kier molecular flexibility index (Phi) is 6.09. The second kappa shape index (κ2) is 9.10. The second-order valence-corrected chi connectivity index (χ2v) is 7.97. The van der Waals surface area contributed by atoms with Crippen molar-refractivity contribution in [2.45, 2.75) is 6.17 Å². The number of fused-ring (bicyclic) bond motifs is 1. The summed E-state index contributed by atoms with van der Waals surface area (Å²) in [6.07, 6.45) is 2.07. The molecule has 5 nitrogen and oxygen atoms in total. The lowest BCUT2D eigenvalue weighted by molar-refractivity contribution is -0.124. The number of likely N-dealkylation sites (N-methyl/N-ethyl adjacent to an activating group) is 1. The number of benzene rings is 3. The zero-order chi connectivity index (χ0) is 21.8. The fourth-order valence-electron chi connectivity index (χ4n) is 3.37. The summed E-state index contributed by atoms with van der Waals surface area (Å²) in [5.74, 6) is -0.694. The lowest BCUT2D eigenvalue weighted by Crippen LogP contribution is -2.45. The van der Waals surface area contributed by atoms with Gasteiger partial charge in [0.15, 0.2) is 0 Å². The van der Waals surface area contributed by atoms with Crippen LogP contribution in [-0.4, -0.2) is 30.7 Å². The smallest absolute Gasteiger partial charge is 0.272 e. The molecule has 1 N–H and O–H groups in total. The van der Waals surface area contributed by atoms with Gasteiger partial charge in [0.05, 0.1) is 11.4 Å². The first-order valence-corrected chi connectivity index (χ1v) is 10.6. The number of amides is 2. The maximum absolute atomic E-state index is 13.1. The molecule has 0 spiro atoms. The van der Waals surface area contributed by atoms with E-state index in [1.54, 1.807) is 13.1 Å². The summed E-state index contributed by atoms with van der Waals surface area (Å²) in [6.45, 7) is 0. The number of anilines is 1. The first-order valence-electron chi connectivity index (χ1n) is 9.77. The Morgan fingerprint density at radius 3 is 2.42 bits per heavy atom. The van der Waals surface area contributed by atoms with Crippen molar-refractivity contribution in [1.29, 1.82) is 0 Å². The fraction of sp³-hybridized carbons (Fsp3) is 0.0800. The van der Waals surface area contributed by atoms with Gasteiger partial charge in [-0.3, -0.25) is 9.59 Å². The molecule has 1 aliphatic heterocycles. The van der Waals surface area contributed by atoms with Crippen LogP contribution in [0.2, 0.25) is 0 Å². The van der Waals surface area contributed by atoms with Crippen LogP contribution in [0.4, 0.5) is 5.69 Å². The van der Waals surface area contributed by atoms with E-state index in [-0.39, 0.29) is 5.91 Å². The molecule has 31 heavy (non-hydrogen) atoms. The Morgan fingerprint density at radius 1 is 1.00 bits per heavy atom. The van der Waals surface area contributed by atoms with E-state index in [2.05, 4.69) is 26.2 Å². The van der Waals surface area contributed by atoms with Crippen molar-refractivity contribution < 1.29 is 9.59 Å². The third-order valence-electron chi connectivity index (χ3n) is 4.97. The van der Waals surface area contributed by atoms with E-state index in [0.717, 1.165) is 26.9 Å². The van der Waals surface area contributed by atoms with Crippen LogP contribution in [0.25, 0.3) is 6.08 Å². The van der Waals surface area contributed by atoms with Gasteiger partial charge in [-0.2, -0.15) is 0 Å². The van der Waals surface area contributed by atoms with Crippen LogP contribution in [-0.2, 0) is 9.59 Å². The quantitative estimate of drug-likeness (QED) is 0.570. The maximum Gasteiger partial charge on any atom is 0.272 e. The molecule has 0 aliphatic carbocycles. The van der Waals surface area contributed by atoms with Crippen molar-refractivity contribution in [2.24, 2.45) is 4.99 Å². The number of nitrogens with one attached hydrogen (secondary N) is 1. The van der Waals surface area contributed by atoms with Gasteiger partial charge in [0.1, 0.15) is 0 Å². The van der Waals surface area contributed by atoms with Crippen LogP contribution < -0.4 is 10.2 Å². The van der Waals surface area contributed by atoms with E-state index in [9.17, 15) is 9.59 Å². The van der Waals surface area contributed by atoms with E-state index in [1.165, 1.54) is 11.0 Å². The van der Waals surface area contributed by atoms with E-state index in [0.29, 0.717) is 5.71 Å². The van der Waals surface area contributed by atoms with Crippen molar-refractivity contribution in [2.75, 3.05) is 11.9 Å². The Morgan fingerprint density at radius 2 is 1.68 bits per heavy atom. The number of rotatable bonds is 4. The monoisotopic (exact) mass is 473 g/mol. The fourth-order valence-corrected chi connectivity index (χ4v) is 3.64.